The van der Waals surface area contributed by atoms with E-state index < -0.39 is 43.1 Å². The first kappa shape index (κ1) is 28.0. The van der Waals surface area contributed by atoms with E-state index in [1.165, 1.54) is 7.11 Å². The quantitative estimate of drug-likeness (QED) is 0.264. The average Bonchev–Trinajstić information content (AvgIpc) is 3.09. The fourth-order valence-corrected chi connectivity index (χ4v) is 5.71. The van der Waals surface area contributed by atoms with Gasteiger partial charge < -0.3 is 29.9 Å². The predicted molar refractivity (Wildman–Crippen MR) is 150 cm³/mol. The molecule has 2 aliphatic carbocycles. The van der Waals surface area contributed by atoms with E-state index in [0.717, 1.165) is 38.9 Å². The summed E-state index contributed by atoms with van der Waals surface area (Å²) in [5, 5.41) is 41.1. The van der Waals surface area contributed by atoms with Gasteiger partial charge in [-0.15, -0.1) is 0 Å². The highest BCUT2D eigenvalue weighted by atomic mass is 16.5. The average molecular weight is 543 g/mol. The highest BCUT2D eigenvalue weighted by Crippen LogP contribution is 2.40. The highest BCUT2D eigenvalue weighted by Gasteiger charge is 2.44. The topological polar surface area (TPSA) is 116 Å². The Morgan fingerprint density at radius 3 is 2.12 bits per heavy atom. The molecule has 0 radical (unpaired) electrons. The molecule has 0 saturated carbocycles. The molecule has 2 aromatic rings. The molecule has 208 valence electrons. The minimum Gasteiger partial charge on any atom is -0.465 e. The molecule has 5 unspecified atom stereocenters. The Balaban J connectivity index is 1.62. The van der Waals surface area contributed by atoms with Gasteiger partial charge in [-0.05, 0) is 64.3 Å². The molecule has 7 nitrogen and oxygen atoms in total. The van der Waals surface area contributed by atoms with Gasteiger partial charge in [-0.1, -0.05) is 78.9 Å². The molecule has 5 rings (SSSR count). The summed E-state index contributed by atoms with van der Waals surface area (Å²) in [7, 11) is 1.38. The second-order valence-corrected chi connectivity index (χ2v) is 10.3. The van der Waals surface area contributed by atoms with Gasteiger partial charge in [0.15, 0.2) is 0 Å². The van der Waals surface area contributed by atoms with Crippen molar-refractivity contribution in [2.45, 2.75) is 50.3 Å². The van der Waals surface area contributed by atoms with Gasteiger partial charge >= 0.3 is 5.97 Å². The molecule has 5 atom stereocenters. The third-order valence-electron chi connectivity index (χ3n) is 7.84. The molecule has 1 aliphatic heterocycles. The van der Waals surface area contributed by atoms with Crippen LogP contribution in [0, 0.1) is 6.92 Å². The van der Waals surface area contributed by atoms with Crippen LogP contribution < -0.4 is 0 Å². The number of aryl methyl sites for hydroxylation is 1. The Morgan fingerprint density at radius 2 is 1.45 bits per heavy atom. The lowest BCUT2D eigenvalue weighted by molar-refractivity contribution is -0.231. The van der Waals surface area contributed by atoms with Gasteiger partial charge in [0.1, 0.15) is 30.5 Å². The van der Waals surface area contributed by atoms with Crippen LogP contribution in [-0.2, 0) is 22.3 Å². The van der Waals surface area contributed by atoms with Crippen molar-refractivity contribution in [1.29, 1.82) is 0 Å². The number of hydrogen-bond acceptors (Lipinski definition) is 7. The van der Waals surface area contributed by atoms with Crippen molar-refractivity contribution in [3.05, 3.63) is 118 Å². The first-order valence-electron chi connectivity index (χ1n) is 13.4. The minimum atomic E-state index is -1.47. The molecule has 1 heterocycles. The van der Waals surface area contributed by atoms with Crippen molar-refractivity contribution >= 4 is 5.97 Å². The van der Waals surface area contributed by atoms with Crippen LogP contribution in [0.5, 0.6) is 0 Å². The van der Waals surface area contributed by atoms with Gasteiger partial charge in [0.2, 0.25) is 0 Å². The molecular weight excluding hydrogens is 508 g/mol. The summed E-state index contributed by atoms with van der Waals surface area (Å²) in [6.45, 7) is 1.38. The number of rotatable bonds is 7. The van der Waals surface area contributed by atoms with E-state index in [0.29, 0.717) is 24.0 Å². The molecule has 3 aliphatic rings. The smallest absolute Gasteiger partial charge is 0.338 e. The van der Waals surface area contributed by atoms with Gasteiger partial charge in [-0.2, -0.15) is 0 Å². The van der Waals surface area contributed by atoms with Crippen LogP contribution in [0.1, 0.15) is 49.8 Å². The third-order valence-corrected chi connectivity index (χ3v) is 7.84. The van der Waals surface area contributed by atoms with Crippen LogP contribution in [-0.4, -0.2) is 64.5 Å². The molecular formula is C33H34O7. The zero-order valence-corrected chi connectivity index (χ0v) is 22.5. The van der Waals surface area contributed by atoms with E-state index in [-0.39, 0.29) is 0 Å². The largest absolute Gasteiger partial charge is 0.465 e. The number of aliphatic hydroxyl groups is 4. The van der Waals surface area contributed by atoms with Crippen LogP contribution >= 0.6 is 0 Å². The van der Waals surface area contributed by atoms with Crippen molar-refractivity contribution in [1.82, 2.24) is 0 Å². The summed E-state index contributed by atoms with van der Waals surface area (Å²) in [6.07, 6.45) is -5.19. The summed E-state index contributed by atoms with van der Waals surface area (Å²) < 4.78 is 11.1. The maximum absolute atomic E-state index is 13.2. The Morgan fingerprint density at radius 1 is 0.800 bits per heavy atom. The molecule has 0 aromatic heterocycles. The zero-order chi connectivity index (χ0) is 28.4. The second kappa shape index (κ2) is 11.9. The Hall–Kier alpha value is -3.59. The maximum Gasteiger partial charge on any atom is 0.338 e. The van der Waals surface area contributed by atoms with Crippen LogP contribution in [0.15, 0.2) is 78.9 Å². The number of ether oxygens (including phenoxy) is 2. The lowest BCUT2D eigenvalue weighted by Crippen LogP contribution is -2.55. The fourth-order valence-electron chi connectivity index (χ4n) is 5.71. The van der Waals surface area contributed by atoms with Gasteiger partial charge in [0.25, 0.3) is 0 Å². The molecule has 1 fully saturated rings. The summed E-state index contributed by atoms with van der Waals surface area (Å²) >= 11 is 0. The van der Waals surface area contributed by atoms with Crippen molar-refractivity contribution < 1.29 is 34.7 Å². The Labute approximate surface area is 233 Å². The number of benzene rings is 2. The standard InChI is InChI=1S/C33H34O7/c1-19-13-14-21(16-24(19)32-31(37)30(36)29(35)27(18-34)40-32)17-26-25(15-20-9-5-3-6-10-20)22-11-7-4-8-12-23(22)28(26)33(38)39-2/h3-14,16,27,29-32,34-37H,15,17-18H2,1-2H3. The van der Waals surface area contributed by atoms with Gasteiger partial charge in [0, 0.05) is 0 Å². The third kappa shape index (κ3) is 5.27. The Kier molecular flexibility index (Phi) is 8.30. The fraction of sp³-hybridized carbons (Fsp3) is 0.303. The van der Waals surface area contributed by atoms with E-state index in [1.54, 1.807) is 0 Å². The molecule has 2 aromatic carbocycles. The molecule has 4 N–H and O–H groups in total. The monoisotopic (exact) mass is 542 g/mol. The normalized spacial score (nSPS) is 22.8. The van der Waals surface area contributed by atoms with Crippen molar-refractivity contribution in [2.75, 3.05) is 13.7 Å². The number of aliphatic hydroxyl groups excluding tert-OH is 4. The molecule has 7 heteroatoms. The number of carbonyl (C=O) groups is 1. The van der Waals surface area contributed by atoms with Gasteiger partial charge in [-0.25, -0.2) is 4.79 Å². The van der Waals surface area contributed by atoms with Crippen LogP contribution in [0.3, 0.4) is 0 Å². The molecule has 0 bridgehead atoms. The van der Waals surface area contributed by atoms with Crippen molar-refractivity contribution in [2.24, 2.45) is 0 Å². The van der Waals surface area contributed by atoms with E-state index >= 15 is 0 Å². The number of esters is 1. The number of carbonyl (C=O) groups excluding carboxylic acids is 1. The Bertz CT molecular complexity index is 1450. The minimum absolute atomic E-state index is 0.410. The summed E-state index contributed by atoms with van der Waals surface area (Å²) in [6, 6.07) is 25.6. The van der Waals surface area contributed by atoms with Crippen molar-refractivity contribution in [3.63, 3.8) is 0 Å². The van der Waals surface area contributed by atoms with E-state index in [9.17, 15) is 25.2 Å². The van der Waals surface area contributed by atoms with Crippen molar-refractivity contribution in [3.8, 4) is 11.1 Å². The molecule has 1 saturated heterocycles. The lowest BCUT2D eigenvalue weighted by Gasteiger charge is -2.40. The highest BCUT2D eigenvalue weighted by molar-refractivity contribution is 6.02. The van der Waals surface area contributed by atoms with Crippen LogP contribution in [0.25, 0.3) is 11.1 Å². The number of fused-ring (bicyclic) bond motifs is 1. The van der Waals surface area contributed by atoms with Gasteiger partial charge in [0.05, 0.1) is 19.3 Å². The second-order valence-electron chi connectivity index (χ2n) is 10.3. The number of hydrogen-bond donors (Lipinski definition) is 4. The van der Waals surface area contributed by atoms with Crippen LogP contribution in [0.4, 0.5) is 0 Å². The van der Waals surface area contributed by atoms with Gasteiger partial charge in [-0.3, -0.25) is 0 Å². The summed E-state index contributed by atoms with van der Waals surface area (Å²) in [5.74, 6) is -0.410. The SMILES string of the molecule is COC(=O)c1c2cccccc-2c(Cc2ccccc2)c1Cc1ccc(C)c(C2OC(CO)C(O)C(O)C2O)c1. The van der Waals surface area contributed by atoms with E-state index in [1.807, 2.05) is 73.7 Å². The number of methoxy groups -OCH3 is 1. The van der Waals surface area contributed by atoms with E-state index in [2.05, 4.69) is 12.1 Å². The first-order chi connectivity index (χ1) is 19.3. The maximum atomic E-state index is 13.2. The predicted octanol–water partition coefficient (Wildman–Crippen LogP) is 3.58. The summed E-state index contributed by atoms with van der Waals surface area (Å²) in [4.78, 5) is 13.2. The summed E-state index contributed by atoms with van der Waals surface area (Å²) in [5.41, 5.74) is 7.67. The first-order valence-corrected chi connectivity index (χ1v) is 13.4. The zero-order valence-electron chi connectivity index (χ0n) is 22.5. The molecule has 40 heavy (non-hydrogen) atoms. The lowest BCUT2D eigenvalue weighted by atomic mass is 9.87. The molecule has 0 spiro atoms. The molecule has 0 amide bonds. The van der Waals surface area contributed by atoms with E-state index in [4.69, 9.17) is 9.47 Å². The van der Waals surface area contributed by atoms with Crippen LogP contribution in [0.2, 0.25) is 0 Å².